The first kappa shape index (κ1) is 80.2. The maximum absolute atomic E-state index is 0. The maximum Gasteiger partial charge on any atom is 1.00 e. The van der Waals surface area contributed by atoms with E-state index in [9.17, 15) is 0 Å². The summed E-state index contributed by atoms with van der Waals surface area (Å²) in [4.78, 5) is 0. The van der Waals surface area contributed by atoms with Crippen LogP contribution in [-0.2, 0) is 64.5 Å². The Bertz CT molecular complexity index is 14.5. The van der Waals surface area contributed by atoms with Gasteiger partial charge in [-0.3, -0.25) is 0 Å². The zero-order valence-corrected chi connectivity index (χ0v) is 14.9. The van der Waals surface area contributed by atoms with Crippen molar-refractivity contribution in [2.75, 3.05) is 0 Å². The van der Waals surface area contributed by atoms with Gasteiger partial charge in [0, 0.05) is 18.6 Å². The predicted molar refractivity (Wildman–Crippen MR) is 22.8 cm³/mol. The van der Waals surface area contributed by atoms with E-state index in [1.165, 1.54) is 0 Å². The van der Waals surface area contributed by atoms with Gasteiger partial charge in [0.1, 0.15) is 0 Å². The van der Waals surface area contributed by atoms with Crippen molar-refractivity contribution in [1.82, 2.24) is 0 Å². The Labute approximate surface area is 150 Å². The van der Waals surface area contributed by atoms with Crippen LogP contribution in [0.4, 0.5) is 0 Å². The van der Waals surface area contributed by atoms with E-state index < -0.39 is 0 Å². The Morgan fingerprint density at radius 2 is 0.500 bits per heavy atom. The van der Waals surface area contributed by atoms with Gasteiger partial charge in [0.2, 0.25) is 0 Å². The molecule has 0 N–H and O–H groups in total. The Morgan fingerprint density at radius 1 is 0.500 bits per heavy atom. The van der Waals surface area contributed by atoms with Gasteiger partial charge in [-0.2, -0.15) is 0 Å². The minimum Gasteiger partial charge on any atom is -2.00 e. The SMILES string of the molecule is [Na+].[Na+].[Na+].[O-2].[S-2].[S-2].[S-2].[V]. The standard InChI is InChI=1S/3Na.O.3S.V/q3*+1;4*-2;. The van der Waals surface area contributed by atoms with Crippen LogP contribution in [0.1, 0.15) is 0 Å². The fourth-order valence-corrected chi connectivity index (χ4v) is 0. The zero-order chi connectivity index (χ0) is 0. The first-order chi connectivity index (χ1) is 0. The second-order valence-electron chi connectivity index (χ2n) is 0. The molecular formula is Na3OS3V-5. The van der Waals surface area contributed by atoms with Crippen LogP contribution >= 0.6 is 0 Å². The fraction of sp³-hybridized carbons (Fsp3) is 0. The third kappa shape index (κ3) is 46.2. The summed E-state index contributed by atoms with van der Waals surface area (Å²) in [6.45, 7) is 0. The number of hydrogen-bond donors (Lipinski definition) is 0. The van der Waals surface area contributed by atoms with Crippen LogP contribution in [-0.4, -0.2) is 0 Å². The molecule has 0 atom stereocenters. The molecule has 0 saturated heterocycles. The summed E-state index contributed by atoms with van der Waals surface area (Å²) in [5.74, 6) is 0. The molecule has 0 rings (SSSR count). The van der Waals surface area contributed by atoms with E-state index in [4.69, 9.17) is 0 Å². The van der Waals surface area contributed by atoms with Crippen molar-refractivity contribution < 1.29 is 113 Å². The van der Waals surface area contributed by atoms with Crippen molar-refractivity contribution >= 4 is 40.5 Å². The van der Waals surface area contributed by atoms with Gasteiger partial charge in [-0.25, -0.2) is 0 Å². The molecule has 0 aromatic rings. The molecular weight excluding hydrogens is 232 g/mol. The monoisotopic (exact) mass is 232 g/mol. The molecule has 0 amide bonds. The molecule has 0 heterocycles. The fourth-order valence-electron chi connectivity index (χ4n) is 0. The maximum atomic E-state index is 0. The summed E-state index contributed by atoms with van der Waals surface area (Å²) in [6, 6.07) is 0. The van der Waals surface area contributed by atoms with Gasteiger partial charge < -0.3 is 46.0 Å². The minimum absolute atomic E-state index is 0. The van der Waals surface area contributed by atoms with Gasteiger partial charge in [0.05, 0.1) is 0 Å². The molecule has 0 bridgehead atoms. The molecule has 37 valence electrons. The quantitative estimate of drug-likeness (QED) is 0.371. The molecule has 1 radical (unpaired) electrons. The summed E-state index contributed by atoms with van der Waals surface area (Å²) in [5.41, 5.74) is 0. The van der Waals surface area contributed by atoms with Crippen molar-refractivity contribution in [3.63, 3.8) is 0 Å². The van der Waals surface area contributed by atoms with Gasteiger partial charge in [0.15, 0.2) is 0 Å². The van der Waals surface area contributed by atoms with Gasteiger partial charge in [-0.05, 0) is 0 Å². The van der Waals surface area contributed by atoms with Crippen molar-refractivity contribution in [3.8, 4) is 0 Å². The molecule has 0 aliphatic rings. The summed E-state index contributed by atoms with van der Waals surface area (Å²) in [6.07, 6.45) is 0. The van der Waals surface area contributed by atoms with Gasteiger partial charge in [0.25, 0.3) is 0 Å². The number of hydrogen-bond acceptors (Lipinski definition) is 0. The van der Waals surface area contributed by atoms with E-state index in [2.05, 4.69) is 0 Å². The molecule has 1 nitrogen and oxygen atoms in total. The van der Waals surface area contributed by atoms with Crippen LogP contribution < -0.4 is 88.7 Å². The van der Waals surface area contributed by atoms with Gasteiger partial charge >= 0.3 is 88.7 Å². The second kappa shape index (κ2) is 61.7. The van der Waals surface area contributed by atoms with Crippen LogP contribution in [0, 0.1) is 0 Å². The Morgan fingerprint density at radius 3 is 0.500 bits per heavy atom. The number of rotatable bonds is 0. The topological polar surface area (TPSA) is 28.5 Å². The van der Waals surface area contributed by atoms with E-state index in [-0.39, 0.29) is 153 Å². The molecule has 0 saturated carbocycles. The average Bonchev–Trinajstić information content (AvgIpc) is 0. The third-order valence-corrected chi connectivity index (χ3v) is 0. The molecule has 8 heteroatoms. The van der Waals surface area contributed by atoms with E-state index in [0.29, 0.717) is 0 Å². The van der Waals surface area contributed by atoms with Crippen molar-refractivity contribution in [1.29, 1.82) is 0 Å². The van der Waals surface area contributed by atoms with Gasteiger partial charge in [-0.15, -0.1) is 0 Å². The van der Waals surface area contributed by atoms with Crippen molar-refractivity contribution in [2.24, 2.45) is 0 Å². The first-order valence-electron chi connectivity index (χ1n) is 0. The predicted octanol–water partition coefficient (Wildman–Crippen LogP) is -9.12. The molecule has 0 spiro atoms. The van der Waals surface area contributed by atoms with E-state index >= 15 is 0 Å². The van der Waals surface area contributed by atoms with E-state index in [0.717, 1.165) is 0 Å². The van der Waals surface area contributed by atoms with Crippen LogP contribution in [0.2, 0.25) is 0 Å². The summed E-state index contributed by atoms with van der Waals surface area (Å²) in [7, 11) is 0. The molecule has 0 aromatic carbocycles. The van der Waals surface area contributed by atoms with Crippen LogP contribution in [0.15, 0.2) is 0 Å². The van der Waals surface area contributed by atoms with E-state index in [1.807, 2.05) is 0 Å². The van der Waals surface area contributed by atoms with Crippen molar-refractivity contribution in [2.45, 2.75) is 0 Å². The summed E-state index contributed by atoms with van der Waals surface area (Å²) in [5, 5.41) is 0. The van der Waals surface area contributed by atoms with Crippen LogP contribution in [0.25, 0.3) is 0 Å². The third-order valence-electron chi connectivity index (χ3n) is 0. The Hall–Kier alpha value is 4.59. The molecule has 0 aromatic heterocycles. The van der Waals surface area contributed by atoms with Crippen LogP contribution in [0.5, 0.6) is 0 Å². The smallest absolute Gasteiger partial charge is 1.00 e. The summed E-state index contributed by atoms with van der Waals surface area (Å²) < 4.78 is 0. The van der Waals surface area contributed by atoms with Crippen molar-refractivity contribution in [3.05, 3.63) is 0 Å². The molecule has 8 heavy (non-hydrogen) atoms. The first-order valence-corrected chi connectivity index (χ1v) is 0. The average molecular weight is 232 g/mol. The zero-order valence-electron chi connectivity index (χ0n) is 5.08. The Kier molecular flexibility index (Phi) is 618. The summed E-state index contributed by atoms with van der Waals surface area (Å²) >= 11 is 0. The second-order valence-corrected chi connectivity index (χ2v) is 0. The molecule has 0 aliphatic carbocycles. The van der Waals surface area contributed by atoms with Gasteiger partial charge in [-0.1, -0.05) is 0 Å². The minimum atomic E-state index is 0. The normalized spacial score (nSPS) is 0. The largest absolute Gasteiger partial charge is 2.00 e. The van der Waals surface area contributed by atoms with E-state index in [1.54, 1.807) is 0 Å². The molecule has 0 fully saturated rings. The molecule has 0 aliphatic heterocycles. The Balaban J connectivity index is 0. The van der Waals surface area contributed by atoms with Crippen LogP contribution in [0.3, 0.4) is 0 Å². The molecule has 0 unspecified atom stereocenters.